The molecule has 2 aliphatic rings. The molecule has 2 saturated heterocycles. The van der Waals surface area contributed by atoms with Gasteiger partial charge in [0.2, 0.25) is 0 Å². The van der Waals surface area contributed by atoms with E-state index in [-0.39, 0.29) is 0 Å². The molecule has 2 fully saturated rings. The molecule has 2 atom stereocenters. The van der Waals surface area contributed by atoms with Gasteiger partial charge in [-0.3, -0.25) is 4.79 Å². The van der Waals surface area contributed by atoms with Crippen molar-refractivity contribution in [3.8, 4) is 5.75 Å². The Morgan fingerprint density at radius 1 is 1.21 bits per heavy atom. The van der Waals surface area contributed by atoms with Crippen molar-refractivity contribution >= 4 is 11.5 Å². The first-order valence-electron chi connectivity index (χ1n) is 7.13. The third-order valence-corrected chi connectivity index (χ3v) is 4.40. The van der Waals surface area contributed by atoms with Crippen LogP contribution in [-0.4, -0.2) is 25.0 Å². The molecule has 1 aromatic rings. The van der Waals surface area contributed by atoms with Gasteiger partial charge in [-0.1, -0.05) is 6.07 Å². The number of hydrogen-bond donors (Lipinski definition) is 0. The number of carbonyl (C=O) groups is 1. The Kier molecular flexibility index (Phi) is 3.21. The summed E-state index contributed by atoms with van der Waals surface area (Å²) in [6.45, 7) is 2.10. The molecular weight excluding hydrogens is 238 g/mol. The summed E-state index contributed by atoms with van der Waals surface area (Å²) in [4.78, 5) is 14.3. The molecule has 0 aliphatic carbocycles. The summed E-state index contributed by atoms with van der Waals surface area (Å²) >= 11 is 0. The number of ketones is 1. The molecule has 0 spiro atoms. The maximum Gasteiger partial charge on any atom is 0.142 e. The molecule has 2 heterocycles. The number of methoxy groups -OCH3 is 1. The largest absolute Gasteiger partial charge is 0.495 e. The first kappa shape index (κ1) is 12.5. The number of carbonyl (C=O) groups excluding carboxylic acids is 1. The van der Waals surface area contributed by atoms with Gasteiger partial charge < -0.3 is 9.64 Å². The van der Waals surface area contributed by atoms with E-state index in [0.29, 0.717) is 30.7 Å². The Hall–Kier alpha value is -1.51. The van der Waals surface area contributed by atoms with Crippen molar-refractivity contribution in [2.45, 2.75) is 51.1 Å². The minimum atomic E-state index is 0.371. The smallest absolute Gasteiger partial charge is 0.142 e. The summed E-state index contributed by atoms with van der Waals surface area (Å²) in [6, 6.07) is 7.05. The minimum absolute atomic E-state index is 0.371. The second-order valence-electron chi connectivity index (χ2n) is 5.77. The number of ether oxygens (including phenoxy) is 1. The predicted molar refractivity (Wildman–Crippen MR) is 75.9 cm³/mol. The van der Waals surface area contributed by atoms with Crippen LogP contribution in [0.2, 0.25) is 0 Å². The van der Waals surface area contributed by atoms with Crippen molar-refractivity contribution < 1.29 is 9.53 Å². The van der Waals surface area contributed by atoms with E-state index in [4.69, 9.17) is 4.74 Å². The zero-order valence-corrected chi connectivity index (χ0v) is 11.7. The van der Waals surface area contributed by atoms with Gasteiger partial charge in [-0.2, -0.15) is 0 Å². The highest BCUT2D eigenvalue weighted by molar-refractivity contribution is 5.83. The fourth-order valence-corrected chi connectivity index (χ4v) is 3.57. The van der Waals surface area contributed by atoms with Crippen molar-refractivity contribution in [1.82, 2.24) is 0 Å². The highest BCUT2D eigenvalue weighted by Crippen LogP contribution is 2.40. The number of fused-ring (bicyclic) bond motifs is 2. The topological polar surface area (TPSA) is 29.5 Å². The van der Waals surface area contributed by atoms with E-state index in [1.165, 1.54) is 17.7 Å². The standard InChI is InChI=1S/C16H21NO2/c1-11-6-7-16(19-2)15(8-11)17-12-4-3-5-13(17)10-14(18)9-12/h6-8,12-13H,3-5,9-10H2,1-2H3. The maximum atomic E-state index is 11.8. The van der Waals surface area contributed by atoms with Crippen LogP contribution in [0.25, 0.3) is 0 Å². The second kappa shape index (κ2) is 4.87. The monoisotopic (exact) mass is 259 g/mol. The molecule has 0 saturated carbocycles. The van der Waals surface area contributed by atoms with E-state index in [9.17, 15) is 4.79 Å². The quantitative estimate of drug-likeness (QED) is 0.817. The summed E-state index contributed by atoms with van der Waals surface area (Å²) in [6.07, 6.45) is 4.90. The lowest BCUT2D eigenvalue weighted by Gasteiger charge is -2.47. The Morgan fingerprint density at radius 3 is 2.53 bits per heavy atom. The summed E-state index contributed by atoms with van der Waals surface area (Å²) in [7, 11) is 1.72. The van der Waals surface area contributed by atoms with Crippen LogP contribution in [0.3, 0.4) is 0 Å². The van der Waals surface area contributed by atoms with Gasteiger partial charge in [0.25, 0.3) is 0 Å². The van der Waals surface area contributed by atoms with E-state index in [2.05, 4.69) is 24.0 Å². The summed E-state index contributed by atoms with van der Waals surface area (Å²) in [5, 5.41) is 0. The highest BCUT2D eigenvalue weighted by Gasteiger charge is 2.38. The molecule has 2 aliphatic heterocycles. The first-order valence-corrected chi connectivity index (χ1v) is 7.13. The molecule has 102 valence electrons. The average molecular weight is 259 g/mol. The summed E-state index contributed by atoms with van der Waals surface area (Å²) < 4.78 is 5.52. The van der Waals surface area contributed by atoms with Crippen LogP contribution in [0.15, 0.2) is 18.2 Å². The van der Waals surface area contributed by atoms with Gasteiger partial charge in [-0.15, -0.1) is 0 Å². The molecule has 0 aromatic heterocycles. The lowest BCUT2D eigenvalue weighted by atomic mass is 9.83. The molecule has 2 bridgehead atoms. The van der Waals surface area contributed by atoms with Crippen LogP contribution in [-0.2, 0) is 4.79 Å². The van der Waals surface area contributed by atoms with Crippen LogP contribution < -0.4 is 9.64 Å². The Morgan fingerprint density at radius 2 is 1.89 bits per heavy atom. The number of anilines is 1. The number of benzene rings is 1. The minimum Gasteiger partial charge on any atom is -0.495 e. The molecule has 3 rings (SSSR count). The third kappa shape index (κ3) is 2.22. The fraction of sp³-hybridized carbons (Fsp3) is 0.562. The number of rotatable bonds is 2. The van der Waals surface area contributed by atoms with Crippen molar-refractivity contribution in [2.24, 2.45) is 0 Å². The van der Waals surface area contributed by atoms with Crippen molar-refractivity contribution in [1.29, 1.82) is 0 Å². The molecule has 0 amide bonds. The number of Topliss-reactive ketones (excluding diaryl/α,β-unsaturated/α-hetero) is 1. The van der Waals surface area contributed by atoms with Crippen LogP contribution in [0.5, 0.6) is 5.75 Å². The maximum absolute atomic E-state index is 11.8. The van der Waals surface area contributed by atoms with E-state index < -0.39 is 0 Å². The van der Waals surface area contributed by atoms with E-state index in [1.54, 1.807) is 7.11 Å². The van der Waals surface area contributed by atoms with Crippen LogP contribution in [0.4, 0.5) is 5.69 Å². The molecule has 3 nitrogen and oxygen atoms in total. The van der Waals surface area contributed by atoms with Crippen LogP contribution in [0, 0.1) is 6.92 Å². The van der Waals surface area contributed by atoms with Crippen LogP contribution in [0.1, 0.15) is 37.7 Å². The second-order valence-corrected chi connectivity index (χ2v) is 5.77. The van der Waals surface area contributed by atoms with E-state index in [1.807, 2.05) is 6.07 Å². The number of hydrogen-bond acceptors (Lipinski definition) is 3. The lowest BCUT2D eigenvalue weighted by molar-refractivity contribution is -0.121. The van der Waals surface area contributed by atoms with Gasteiger partial charge in [0, 0.05) is 24.9 Å². The van der Waals surface area contributed by atoms with Crippen molar-refractivity contribution in [2.75, 3.05) is 12.0 Å². The van der Waals surface area contributed by atoms with Gasteiger partial charge in [0.15, 0.2) is 0 Å². The molecule has 1 aromatic carbocycles. The van der Waals surface area contributed by atoms with E-state index in [0.717, 1.165) is 18.6 Å². The van der Waals surface area contributed by atoms with Crippen molar-refractivity contribution in [3.63, 3.8) is 0 Å². The Labute approximate surface area is 114 Å². The number of nitrogens with zero attached hydrogens (tertiary/aromatic N) is 1. The van der Waals surface area contributed by atoms with Crippen molar-refractivity contribution in [3.05, 3.63) is 23.8 Å². The molecule has 2 unspecified atom stereocenters. The van der Waals surface area contributed by atoms with Crippen LogP contribution >= 0.6 is 0 Å². The number of aryl methyl sites for hydroxylation is 1. The highest BCUT2D eigenvalue weighted by atomic mass is 16.5. The molecule has 3 heteroatoms. The SMILES string of the molecule is COc1ccc(C)cc1N1C2CCCC1CC(=O)C2. The molecular formula is C16H21NO2. The summed E-state index contributed by atoms with van der Waals surface area (Å²) in [5.41, 5.74) is 2.41. The average Bonchev–Trinajstić information content (AvgIpc) is 2.37. The summed E-state index contributed by atoms with van der Waals surface area (Å²) in [5.74, 6) is 1.36. The van der Waals surface area contributed by atoms with Gasteiger partial charge in [-0.25, -0.2) is 0 Å². The third-order valence-electron chi connectivity index (χ3n) is 4.40. The van der Waals surface area contributed by atoms with E-state index >= 15 is 0 Å². The molecule has 0 N–H and O–H groups in total. The fourth-order valence-electron chi connectivity index (χ4n) is 3.57. The molecule has 0 radical (unpaired) electrons. The predicted octanol–water partition coefficient (Wildman–Crippen LogP) is 3.09. The normalized spacial score (nSPS) is 26.4. The van der Waals surface area contributed by atoms with Gasteiger partial charge >= 0.3 is 0 Å². The van der Waals surface area contributed by atoms with Gasteiger partial charge in [0.1, 0.15) is 11.5 Å². The zero-order chi connectivity index (χ0) is 13.4. The Balaban J connectivity index is 2.01. The lowest BCUT2D eigenvalue weighted by Crippen LogP contribution is -2.52. The zero-order valence-electron chi connectivity index (χ0n) is 11.7. The number of piperidine rings is 2. The van der Waals surface area contributed by atoms with Gasteiger partial charge in [-0.05, 0) is 43.9 Å². The van der Waals surface area contributed by atoms with Gasteiger partial charge in [0.05, 0.1) is 12.8 Å². The Bertz CT molecular complexity index is 482. The molecule has 19 heavy (non-hydrogen) atoms. The first-order chi connectivity index (χ1) is 9.19.